The number of hydrogen-bond donors (Lipinski definition) is 2. The highest BCUT2D eigenvalue weighted by molar-refractivity contribution is 5.88. The van der Waals surface area contributed by atoms with Gasteiger partial charge >= 0.3 is 0 Å². The van der Waals surface area contributed by atoms with E-state index in [1.54, 1.807) is 11.8 Å². The van der Waals surface area contributed by atoms with E-state index in [0.29, 0.717) is 13.0 Å². The van der Waals surface area contributed by atoms with Crippen molar-refractivity contribution in [2.24, 2.45) is 0 Å². The van der Waals surface area contributed by atoms with Crippen LogP contribution in [0.4, 0.5) is 0 Å². The Hall–Kier alpha value is -1.39. The average Bonchev–Trinajstić information content (AvgIpc) is 2.58. The lowest BCUT2D eigenvalue weighted by Crippen LogP contribution is -2.59. The Balaban J connectivity index is 1.87. The van der Waals surface area contributed by atoms with Crippen molar-refractivity contribution in [1.82, 2.24) is 4.90 Å². The Labute approximate surface area is 138 Å². The van der Waals surface area contributed by atoms with E-state index in [0.717, 1.165) is 31.2 Å². The fourth-order valence-electron chi connectivity index (χ4n) is 4.05. The van der Waals surface area contributed by atoms with Gasteiger partial charge < -0.3 is 15.1 Å². The number of benzene rings is 1. The molecule has 1 aliphatic heterocycles. The highest BCUT2D eigenvalue weighted by Crippen LogP contribution is 2.41. The van der Waals surface area contributed by atoms with Crippen LogP contribution in [-0.2, 0) is 10.2 Å². The van der Waals surface area contributed by atoms with Crippen LogP contribution in [0.15, 0.2) is 30.3 Å². The summed E-state index contributed by atoms with van der Waals surface area (Å²) in [5.74, 6) is 0.123. The van der Waals surface area contributed by atoms with Crippen LogP contribution in [0.1, 0.15) is 51.0 Å². The van der Waals surface area contributed by atoms with Gasteiger partial charge in [0.1, 0.15) is 0 Å². The monoisotopic (exact) mass is 317 g/mol. The molecule has 1 saturated carbocycles. The zero-order valence-corrected chi connectivity index (χ0v) is 13.9. The Bertz CT molecular complexity index is 549. The third-order valence-electron chi connectivity index (χ3n) is 5.73. The number of piperidine rings is 1. The van der Waals surface area contributed by atoms with Crippen molar-refractivity contribution < 1.29 is 15.0 Å². The van der Waals surface area contributed by atoms with E-state index in [-0.39, 0.29) is 12.5 Å². The molecule has 2 N–H and O–H groups in total. The molecule has 1 aliphatic carbocycles. The number of carbonyl (C=O) groups is 1. The Kier molecular flexibility index (Phi) is 4.47. The number of nitrogens with zero attached hydrogens (tertiary/aromatic N) is 1. The van der Waals surface area contributed by atoms with Crippen molar-refractivity contribution in [2.45, 2.75) is 62.6 Å². The van der Waals surface area contributed by atoms with Gasteiger partial charge in [0.15, 0.2) is 0 Å². The van der Waals surface area contributed by atoms with Gasteiger partial charge in [-0.25, -0.2) is 0 Å². The molecule has 23 heavy (non-hydrogen) atoms. The van der Waals surface area contributed by atoms with Crippen LogP contribution in [-0.4, -0.2) is 45.8 Å². The fourth-order valence-corrected chi connectivity index (χ4v) is 4.05. The minimum Gasteiger partial charge on any atom is -0.388 e. The Morgan fingerprint density at radius 3 is 2.39 bits per heavy atom. The molecule has 126 valence electrons. The molecule has 2 fully saturated rings. The Morgan fingerprint density at radius 1 is 1.13 bits per heavy atom. The standard InChI is InChI=1S/C19H27NO3/c1-18(23)12-13-20(14-16(18)21)17(22)19(10-6-3-7-11-19)15-8-4-2-5-9-15/h2,4-5,8-9,16,21,23H,3,6-7,10-14H2,1H3/t16?,18-/m0/s1. The molecule has 2 atom stereocenters. The number of β-amino-alcohol motifs (C(OH)–C–C–N with tert-alkyl or cyclic N) is 1. The van der Waals surface area contributed by atoms with Crippen LogP contribution in [0.5, 0.6) is 0 Å². The molecule has 0 radical (unpaired) electrons. The highest BCUT2D eigenvalue weighted by Gasteiger charge is 2.46. The van der Waals surface area contributed by atoms with Crippen molar-refractivity contribution >= 4 is 5.91 Å². The van der Waals surface area contributed by atoms with E-state index in [1.165, 1.54) is 6.42 Å². The van der Waals surface area contributed by atoms with Gasteiger partial charge in [0.05, 0.1) is 17.1 Å². The van der Waals surface area contributed by atoms with Crippen molar-refractivity contribution in [3.05, 3.63) is 35.9 Å². The van der Waals surface area contributed by atoms with Crippen molar-refractivity contribution in [3.63, 3.8) is 0 Å². The summed E-state index contributed by atoms with van der Waals surface area (Å²) in [5.41, 5.74) is -0.456. The number of amides is 1. The van der Waals surface area contributed by atoms with Crippen LogP contribution >= 0.6 is 0 Å². The van der Waals surface area contributed by atoms with Crippen LogP contribution in [0.2, 0.25) is 0 Å². The van der Waals surface area contributed by atoms with E-state index in [1.807, 2.05) is 18.2 Å². The van der Waals surface area contributed by atoms with Crippen molar-refractivity contribution in [2.75, 3.05) is 13.1 Å². The molecule has 2 aliphatic rings. The first kappa shape index (κ1) is 16.5. The van der Waals surface area contributed by atoms with E-state index >= 15 is 0 Å². The molecule has 1 saturated heterocycles. The summed E-state index contributed by atoms with van der Waals surface area (Å²) < 4.78 is 0. The lowest BCUT2D eigenvalue weighted by atomic mass is 9.68. The maximum absolute atomic E-state index is 13.4. The molecule has 4 nitrogen and oxygen atoms in total. The third-order valence-corrected chi connectivity index (χ3v) is 5.73. The second-order valence-electron chi connectivity index (χ2n) is 7.38. The van der Waals surface area contributed by atoms with Crippen LogP contribution in [0.3, 0.4) is 0 Å². The lowest BCUT2D eigenvalue weighted by Gasteiger charge is -2.45. The number of rotatable bonds is 2. The normalized spacial score (nSPS) is 30.9. The largest absolute Gasteiger partial charge is 0.388 e. The first-order valence-electron chi connectivity index (χ1n) is 8.71. The molecule has 0 spiro atoms. The summed E-state index contributed by atoms with van der Waals surface area (Å²) in [5, 5.41) is 20.3. The molecule has 1 aromatic rings. The first-order chi connectivity index (χ1) is 11.0. The molecule has 1 aromatic carbocycles. The number of likely N-dealkylation sites (tertiary alicyclic amines) is 1. The molecule has 4 heteroatoms. The summed E-state index contributed by atoms with van der Waals surface area (Å²) in [6.45, 7) is 2.38. The smallest absolute Gasteiger partial charge is 0.233 e. The van der Waals surface area contributed by atoms with Gasteiger partial charge in [0.2, 0.25) is 5.91 Å². The van der Waals surface area contributed by atoms with Gasteiger partial charge in [-0.05, 0) is 31.7 Å². The van der Waals surface area contributed by atoms with Crippen LogP contribution < -0.4 is 0 Å². The summed E-state index contributed by atoms with van der Waals surface area (Å²) in [6.07, 6.45) is 4.60. The van der Waals surface area contributed by atoms with Gasteiger partial charge in [0.25, 0.3) is 0 Å². The minimum absolute atomic E-state index is 0.123. The predicted molar refractivity (Wildman–Crippen MR) is 89.0 cm³/mol. The molecule has 1 heterocycles. The highest BCUT2D eigenvalue weighted by atomic mass is 16.3. The van der Waals surface area contributed by atoms with Crippen LogP contribution in [0.25, 0.3) is 0 Å². The van der Waals surface area contributed by atoms with E-state index < -0.39 is 17.1 Å². The van der Waals surface area contributed by atoms with E-state index in [4.69, 9.17) is 0 Å². The average molecular weight is 317 g/mol. The Morgan fingerprint density at radius 2 is 1.78 bits per heavy atom. The van der Waals surface area contributed by atoms with E-state index in [9.17, 15) is 15.0 Å². The molecular weight excluding hydrogens is 290 g/mol. The van der Waals surface area contributed by atoms with Crippen molar-refractivity contribution in [3.8, 4) is 0 Å². The zero-order valence-electron chi connectivity index (χ0n) is 13.9. The second-order valence-corrected chi connectivity index (χ2v) is 7.38. The van der Waals surface area contributed by atoms with Gasteiger partial charge in [0, 0.05) is 13.1 Å². The van der Waals surface area contributed by atoms with Gasteiger partial charge in [-0.3, -0.25) is 4.79 Å². The number of aliphatic hydroxyl groups is 2. The third kappa shape index (κ3) is 3.02. The molecule has 3 rings (SSSR count). The van der Waals surface area contributed by atoms with E-state index in [2.05, 4.69) is 12.1 Å². The summed E-state index contributed by atoms with van der Waals surface area (Å²) in [7, 11) is 0. The maximum Gasteiger partial charge on any atom is 0.233 e. The molecule has 1 unspecified atom stereocenters. The SMILES string of the molecule is C[C@]1(O)CCN(C(=O)C2(c3ccccc3)CCCCC2)CC1O. The van der Waals surface area contributed by atoms with Crippen molar-refractivity contribution in [1.29, 1.82) is 0 Å². The number of carbonyl (C=O) groups excluding carboxylic acids is 1. The fraction of sp³-hybridized carbons (Fsp3) is 0.632. The first-order valence-corrected chi connectivity index (χ1v) is 8.71. The summed E-state index contributed by atoms with van der Waals surface area (Å²) >= 11 is 0. The maximum atomic E-state index is 13.4. The number of hydrogen-bond acceptors (Lipinski definition) is 3. The number of aliphatic hydroxyl groups excluding tert-OH is 1. The summed E-state index contributed by atoms with van der Waals surface area (Å²) in [6, 6.07) is 10.1. The topological polar surface area (TPSA) is 60.8 Å². The van der Waals surface area contributed by atoms with Gasteiger partial charge in [-0.2, -0.15) is 0 Å². The van der Waals surface area contributed by atoms with Gasteiger partial charge in [-0.15, -0.1) is 0 Å². The lowest BCUT2D eigenvalue weighted by molar-refractivity contribution is -0.153. The summed E-state index contributed by atoms with van der Waals surface area (Å²) in [4.78, 5) is 15.1. The van der Waals surface area contributed by atoms with Gasteiger partial charge in [-0.1, -0.05) is 49.6 Å². The van der Waals surface area contributed by atoms with Crippen LogP contribution in [0, 0.1) is 0 Å². The zero-order chi connectivity index (χ0) is 16.5. The second kappa shape index (κ2) is 6.25. The minimum atomic E-state index is -1.09. The molecule has 1 amide bonds. The quantitative estimate of drug-likeness (QED) is 0.879. The molecule has 0 bridgehead atoms. The molecule has 0 aromatic heterocycles. The predicted octanol–water partition coefficient (Wildman–Crippen LogP) is 2.23. The molecular formula is C19H27NO3.